The van der Waals surface area contributed by atoms with Crippen LogP contribution < -0.4 is 10.7 Å². The van der Waals surface area contributed by atoms with Gasteiger partial charge >= 0.3 is 0 Å². The Labute approximate surface area is 126 Å². The highest BCUT2D eigenvalue weighted by Crippen LogP contribution is 2.16. The third kappa shape index (κ3) is 4.15. The number of carbonyl (C=O) groups excluding carboxylic acids is 1. The van der Waals surface area contributed by atoms with Crippen LogP contribution in [-0.2, 0) is 11.2 Å². The van der Waals surface area contributed by atoms with Crippen molar-refractivity contribution in [1.82, 2.24) is 15.8 Å². The van der Waals surface area contributed by atoms with Gasteiger partial charge in [0.2, 0.25) is 0 Å². The lowest BCUT2D eigenvalue weighted by Gasteiger charge is -2.18. The van der Waals surface area contributed by atoms with E-state index in [2.05, 4.69) is 22.9 Å². The maximum absolute atomic E-state index is 11.5. The zero-order valence-corrected chi connectivity index (χ0v) is 12.5. The van der Waals surface area contributed by atoms with Gasteiger partial charge in [-0.3, -0.25) is 10.2 Å². The minimum absolute atomic E-state index is 0.0674. The van der Waals surface area contributed by atoms with Crippen molar-refractivity contribution in [2.75, 3.05) is 12.3 Å². The topological polar surface area (TPSA) is 44.4 Å². The Kier molecular flexibility index (Phi) is 5.12. The van der Waals surface area contributed by atoms with E-state index in [9.17, 15) is 4.79 Å². The summed E-state index contributed by atoms with van der Waals surface area (Å²) in [5, 5.41) is 4.79. The number of hydrazine groups is 1. The summed E-state index contributed by atoms with van der Waals surface area (Å²) in [6, 6.07) is 10.1. The smallest absolute Gasteiger partial charge is 0.257 e. The first-order valence-corrected chi connectivity index (χ1v) is 7.55. The number of nitrogens with one attached hydrogen (secondary N) is 2. The van der Waals surface area contributed by atoms with Crippen LogP contribution in [-0.4, -0.2) is 32.6 Å². The molecule has 4 nitrogen and oxygen atoms in total. The molecule has 1 saturated heterocycles. The highest BCUT2D eigenvalue weighted by molar-refractivity contribution is 8.23. The molecule has 19 heavy (non-hydrogen) atoms. The largest absolute Gasteiger partial charge is 0.361 e. The fraction of sp³-hybridized carbons (Fsp3) is 0.250. The van der Waals surface area contributed by atoms with Crippen LogP contribution in [0.25, 0.3) is 0 Å². The lowest BCUT2D eigenvalue weighted by atomic mass is 10.1. The van der Waals surface area contributed by atoms with Gasteiger partial charge in [-0.05, 0) is 24.2 Å². The summed E-state index contributed by atoms with van der Waals surface area (Å²) in [7, 11) is 0. The summed E-state index contributed by atoms with van der Waals surface area (Å²) >= 11 is 11.5. The molecule has 0 saturated carbocycles. The third-order valence-corrected chi connectivity index (χ3v) is 4.10. The molecule has 7 heteroatoms. The van der Waals surface area contributed by atoms with E-state index in [0.29, 0.717) is 21.7 Å². The molecule has 0 aromatic heterocycles. The molecule has 1 aromatic rings. The molecule has 1 aromatic carbocycles. The molecule has 2 rings (SSSR count). The molecule has 2 N–H and O–H groups in total. The van der Waals surface area contributed by atoms with Gasteiger partial charge in [0.1, 0.15) is 0 Å². The predicted molar refractivity (Wildman–Crippen MR) is 85.8 cm³/mol. The number of thioether (sulfide) groups is 1. The molecular weight excluding hydrogens is 298 g/mol. The van der Waals surface area contributed by atoms with E-state index in [1.54, 1.807) is 0 Å². The van der Waals surface area contributed by atoms with Crippen molar-refractivity contribution in [3.63, 3.8) is 0 Å². The van der Waals surface area contributed by atoms with Gasteiger partial charge in [-0.1, -0.05) is 54.3 Å². The first-order chi connectivity index (χ1) is 9.16. The van der Waals surface area contributed by atoms with Gasteiger partial charge < -0.3 is 5.32 Å². The number of amides is 1. The van der Waals surface area contributed by atoms with E-state index < -0.39 is 0 Å². The molecule has 0 aliphatic carbocycles. The normalized spacial score (nSPS) is 14.6. The van der Waals surface area contributed by atoms with Gasteiger partial charge in [0, 0.05) is 6.54 Å². The molecule has 1 aliphatic rings. The average molecular weight is 311 g/mol. The predicted octanol–water partition coefficient (Wildman–Crippen LogP) is 1.47. The van der Waals surface area contributed by atoms with E-state index in [4.69, 9.17) is 24.4 Å². The zero-order chi connectivity index (χ0) is 13.7. The third-order valence-electron chi connectivity index (χ3n) is 2.51. The SMILES string of the molecule is O=C1CSC(=S)N1NC(=S)NCCc1ccccc1. The van der Waals surface area contributed by atoms with Crippen molar-refractivity contribution in [1.29, 1.82) is 0 Å². The highest BCUT2D eigenvalue weighted by atomic mass is 32.2. The van der Waals surface area contributed by atoms with E-state index in [0.717, 1.165) is 6.42 Å². The Hall–Kier alpha value is -1.18. The van der Waals surface area contributed by atoms with Gasteiger partial charge in [0.05, 0.1) is 5.75 Å². The molecule has 0 unspecified atom stereocenters. The monoisotopic (exact) mass is 311 g/mol. The Morgan fingerprint density at radius 3 is 2.74 bits per heavy atom. The standard InChI is InChI=1S/C12H13N3OS3/c16-10-8-19-12(18)15(10)14-11(17)13-7-6-9-4-2-1-3-5-9/h1-5H,6-8H2,(H2,13,14,17). The summed E-state index contributed by atoms with van der Waals surface area (Å²) in [4.78, 5) is 11.5. The second kappa shape index (κ2) is 6.83. The summed E-state index contributed by atoms with van der Waals surface area (Å²) in [5.41, 5.74) is 4.04. The van der Waals surface area contributed by atoms with E-state index >= 15 is 0 Å². The number of benzene rings is 1. The molecule has 1 amide bonds. The number of rotatable bonds is 4. The molecule has 1 heterocycles. The van der Waals surface area contributed by atoms with Crippen molar-refractivity contribution < 1.29 is 4.79 Å². The van der Waals surface area contributed by atoms with E-state index in [1.165, 1.54) is 22.3 Å². The molecule has 100 valence electrons. The van der Waals surface area contributed by atoms with Crippen LogP contribution in [0, 0.1) is 0 Å². The second-order valence-corrected chi connectivity index (χ2v) is 5.90. The first-order valence-electron chi connectivity index (χ1n) is 5.75. The number of thiocarbonyl (C=S) groups is 2. The summed E-state index contributed by atoms with van der Waals surface area (Å²) in [5.74, 6) is 0.306. The molecule has 0 bridgehead atoms. The Morgan fingerprint density at radius 1 is 1.37 bits per heavy atom. The fourth-order valence-corrected chi connectivity index (χ4v) is 2.74. The lowest BCUT2D eigenvalue weighted by Crippen LogP contribution is -2.49. The molecule has 0 radical (unpaired) electrons. The number of hydrogen-bond acceptors (Lipinski definition) is 4. The van der Waals surface area contributed by atoms with Crippen LogP contribution in [0.2, 0.25) is 0 Å². The highest BCUT2D eigenvalue weighted by Gasteiger charge is 2.27. The number of carbonyl (C=O) groups is 1. The average Bonchev–Trinajstić information content (AvgIpc) is 2.72. The van der Waals surface area contributed by atoms with Crippen molar-refractivity contribution in [2.24, 2.45) is 0 Å². The molecule has 1 aliphatic heterocycles. The van der Waals surface area contributed by atoms with Crippen LogP contribution in [0.3, 0.4) is 0 Å². The van der Waals surface area contributed by atoms with Gasteiger partial charge in [-0.15, -0.1) is 0 Å². The van der Waals surface area contributed by atoms with Crippen molar-refractivity contribution in [2.45, 2.75) is 6.42 Å². The molecule has 0 spiro atoms. The molecular formula is C12H13N3OS3. The van der Waals surface area contributed by atoms with Gasteiger partial charge in [-0.25, -0.2) is 5.01 Å². The minimum Gasteiger partial charge on any atom is -0.361 e. The van der Waals surface area contributed by atoms with Crippen molar-refractivity contribution >= 4 is 51.5 Å². The Balaban J connectivity index is 1.73. The van der Waals surface area contributed by atoms with Gasteiger partial charge in [0.25, 0.3) is 5.91 Å². The second-order valence-electron chi connectivity index (χ2n) is 3.89. The summed E-state index contributed by atoms with van der Waals surface area (Å²) < 4.78 is 0.511. The van der Waals surface area contributed by atoms with Crippen molar-refractivity contribution in [3.05, 3.63) is 35.9 Å². The van der Waals surface area contributed by atoms with Crippen LogP contribution in [0.1, 0.15) is 5.56 Å². The fourth-order valence-electron chi connectivity index (χ4n) is 1.57. The van der Waals surface area contributed by atoms with Gasteiger partial charge in [-0.2, -0.15) is 0 Å². The Bertz CT molecular complexity index is 476. The van der Waals surface area contributed by atoms with E-state index in [-0.39, 0.29) is 5.91 Å². The Morgan fingerprint density at radius 2 is 2.11 bits per heavy atom. The first kappa shape index (κ1) is 14.2. The molecule has 1 fully saturated rings. The van der Waals surface area contributed by atoms with Gasteiger partial charge in [0.15, 0.2) is 9.43 Å². The number of hydrogen-bond donors (Lipinski definition) is 2. The molecule has 0 atom stereocenters. The quantitative estimate of drug-likeness (QED) is 0.821. The van der Waals surface area contributed by atoms with Crippen LogP contribution in [0.4, 0.5) is 0 Å². The zero-order valence-electron chi connectivity index (χ0n) is 10.1. The maximum Gasteiger partial charge on any atom is 0.257 e. The minimum atomic E-state index is -0.0674. The number of nitrogens with zero attached hydrogens (tertiary/aromatic N) is 1. The van der Waals surface area contributed by atoms with Crippen molar-refractivity contribution in [3.8, 4) is 0 Å². The van der Waals surface area contributed by atoms with Crippen LogP contribution in [0.15, 0.2) is 30.3 Å². The summed E-state index contributed by atoms with van der Waals surface area (Å²) in [6.07, 6.45) is 0.871. The summed E-state index contributed by atoms with van der Waals surface area (Å²) in [6.45, 7) is 0.706. The van der Waals surface area contributed by atoms with Crippen LogP contribution >= 0.6 is 36.2 Å². The van der Waals surface area contributed by atoms with Crippen LogP contribution in [0.5, 0.6) is 0 Å². The van der Waals surface area contributed by atoms with E-state index in [1.807, 2.05) is 18.2 Å². The lowest BCUT2D eigenvalue weighted by molar-refractivity contribution is -0.125. The maximum atomic E-state index is 11.5.